The van der Waals surface area contributed by atoms with Crippen molar-refractivity contribution in [1.82, 2.24) is 0 Å². The van der Waals surface area contributed by atoms with Gasteiger partial charge in [-0.25, -0.2) is 0 Å². The number of hydrogen-bond acceptors (Lipinski definition) is 33. The van der Waals surface area contributed by atoms with Crippen molar-refractivity contribution >= 4 is 5.97 Å². The maximum Gasteiger partial charge on any atom is 0.311 e. The highest BCUT2D eigenvalue weighted by Gasteiger charge is 2.61. The van der Waals surface area contributed by atoms with E-state index >= 15 is 0 Å². The molecule has 40 atom stereocenters. The highest BCUT2D eigenvalue weighted by atomic mass is 16.8. The summed E-state index contributed by atoms with van der Waals surface area (Å²) in [6.45, 7) is 5.64. The van der Waals surface area contributed by atoms with E-state index in [0.717, 1.165) is 44.9 Å². The highest BCUT2D eigenvalue weighted by Crippen LogP contribution is 2.67. The first-order valence-corrected chi connectivity index (χ1v) is 34.3. The number of ether oxygens (including phenoxy) is 12. The molecular formula is C64H106O33. The van der Waals surface area contributed by atoms with Crippen molar-refractivity contribution in [3.8, 4) is 0 Å². The molecule has 33 heteroatoms. The summed E-state index contributed by atoms with van der Waals surface area (Å²) >= 11 is 0. The number of esters is 1. The first-order valence-electron chi connectivity index (χ1n) is 34.3. The van der Waals surface area contributed by atoms with Crippen LogP contribution >= 0.6 is 0 Å². The van der Waals surface area contributed by atoms with Gasteiger partial charge in [0, 0.05) is 0 Å². The molecule has 0 aromatic carbocycles. The zero-order chi connectivity index (χ0) is 70.6. The lowest BCUT2D eigenvalue weighted by Crippen LogP contribution is -2.67. The van der Waals surface area contributed by atoms with Crippen LogP contribution in [-0.4, -0.2) is 338 Å². The Morgan fingerprint density at radius 1 is 0.464 bits per heavy atom. The van der Waals surface area contributed by atoms with Crippen molar-refractivity contribution in [3.05, 3.63) is 11.6 Å². The fraction of sp³-hybridized carbons (Fsp3) is 0.953. The van der Waals surface area contributed by atoms with E-state index in [2.05, 4.69) is 26.8 Å². The molecule has 10 aliphatic rings. The number of rotatable bonds is 23. The maximum atomic E-state index is 14.5. The predicted molar refractivity (Wildman–Crippen MR) is 321 cm³/mol. The molecule has 33 nitrogen and oxygen atoms in total. The Kier molecular flexibility index (Phi) is 25.7. The zero-order valence-corrected chi connectivity index (χ0v) is 55.1. The second-order valence-electron chi connectivity index (χ2n) is 29.4. The Hall–Kier alpha value is -2.03. The van der Waals surface area contributed by atoms with E-state index in [1.807, 2.05) is 6.92 Å². The van der Waals surface area contributed by atoms with Crippen molar-refractivity contribution in [2.24, 2.45) is 52.3 Å². The van der Waals surface area contributed by atoms with Gasteiger partial charge in [0.1, 0.15) is 140 Å². The lowest BCUT2D eigenvalue weighted by Gasteiger charge is -2.58. The number of fused-ring (bicyclic) bond motifs is 5. The number of carbonyl (C=O) groups excluding carboxylic acids is 1. The number of aliphatic hydroxyl groups excluding tert-OH is 20. The standard InChI is InChI=1S/C64H106O33/c1-23(6-7-24(2)29-10-11-30-28-9-8-26-16-27(12-14-63(26,4)31(28)13-15-64(29,30)5)87-58-48(80)42(74)38(70)32(17-65)88-58)25(3)56(85)97-62-55(96-61-52(84)47(79)54(36(21-69)92-61)95-60-50(82)44(76)40(72)34(19-67)90-60)45(77)41(73)37(93-62)22-86-57-51(83)46(78)53(35(20-68)91-57)94-59-49(81)43(75)39(71)33(18-66)89-59/h8,23-25,27-55,57-62,65-84H,6-7,9-22H2,1-5H3/t23-,24-,25+,27+,28+,29-,30+,31+,32-,33-,34-,35-,36-,37-,38-,39-,40-,41-,42+,43+,44+,45+,46+,47-,48-,49-,50-,51-,52-,53-,54-,55-,57-,58-,59+,60+,61+,62+,63+,64-/m1/s1. The number of aliphatic hydroxyl groups is 20. The predicted octanol–water partition coefficient (Wildman–Crippen LogP) is -6.92. The second-order valence-corrected chi connectivity index (χ2v) is 29.4. The molecule has 0 unspecified atom stereocenters. The third-order valence-corrected chi connectivity index (χ3v) is 23.8. The Balaban J connectivity index is 0.789. The molecule has 6 saturated heterocycles. The molecule has 0 amide bonds. The van der Waals surface area contributed by atoms with Crippen molar-refractivity contribution in [2.45, 2.75) is 289 Å². The topological polar surface area (TPSA) is 532 Å². The van der Waals surface area contributed by atoms with E-state index in [9.17, 15) is 107 Å². The Morgan fingerprint density at radius 2 is 0.897 bits per heavy atom. The van der Waals surface area contributed by atoms with Gasteiger partial charge in [0.25, 0.3) is 0 Å². The minimum atomic E-state index is -2.17. The minimum Gasteiger partial charge on any atom is -0.432 e. The first kappa shape index (κ1) is 77.6. The van der Waals surface area contributed by atoms with Crippen LogP contribution in [0.25, 0.3) is 0 Å². The van der Waals surface area contributed by atoms with Crippen LogP contribution in [-0.2, 0) is 61.6 Å². The second kappa shape index (κ2) is 32.1. The number of hydrogen-bond donors (Lipinski definition) is 20. The van der Waals surface area contributed by atoms with Gasteiger partial charge in [-0.2, -0.15) is 0 Å². The first-order chi connectivity index (χ1) is 46.0. The zero-order valence-electron chi connectivity index (χ0n) is 55.1. The summed E-state index contributed by atoms with van der Waals surface area (Å²) in [5, 5.41) is 213. The van der Waals surface area contributed by atoms with Crippen LogP contribution in [0.3, 0.4) is 0 Å². The molecule has 4 aliphatic carbocycles. The minimum absolute atomic E-state index is 0.0509. The van der Waals surface area contributed by atoms with Gasteiger partial charge in [0.15, 0.2) is 37.6 Å². The number of carbonyl (C=O) groups is 1. The van der Waals surface area contributed by atoms with Gasteiger partial charge in [0.05, 0.1) is 51.7 Å². The largest absolute Gasteiger partial charge is 0.432 e. The van der Waals surface area contributed by atoms with Crippen LogP contribution < -0.4 is 0 Å². The van der Waals surface area contributed by atoms with Gasteiger partial charge in [-0.15, -0.1) is 0 Å². The van der Waals surface area contributed by atoms with Gasteiger partial charge >= 0.3 is 5.97 Å². The van der Waals surface area contributed by atoms with E-state index in [-0.39, 0.29) is 28.8 Å². The Bertz CT molecular complexity index is 2550. The van der Waals surface area contributed by atoms with E-state index < -0.39 is 236 Å². The van der Waals surface area contributed by atoms with Crippen LogP contribution in [0, 0.1) is 52.3 Å². The van der Waals surface area contributed by atoms with E-state index in [4.69, 9.17) is 56.8 Å². The lowest BCUT2D eigenvalue weighted by molar-refractivity contribution is -0.385. The van der Waals surface area contributed by atoms with E-state index in [0.29, 0.717) is 42.9 Å². The summed E-state index contributed by atoms with van der Waals surface area (Å²) in [6, 6.07) is 0. The average Bonchev–Trinajstić information content (AvgIpc) is 1.68. The Labute approximate surface area is 560 Å². The van der Waals surface area contributed by atoms with Crippen molar-refractivity contribution in [2.75, 3.05) is 39.6 Å². The molecule has 0 spiro atoms. The smallest absolute Gasteiger partial charge is 0.311 e. The van der Waals surface area contributed by atoms with Gasteiger partial charge < -0.3 is 159 Å². The van der Waals surface area contributed by atoms with Crippen molar-refractivity contribution < 1.29 is 164 Å². The SMILES string of the molecule is C[C@H](CC[C@@H](C)[C@H]1CC[C@H]2[C@@H]3CC=C4C[C@@H](O[C@@H]5O[C@H](CO)[C@@H](O)[C@H](O)[C@H]5O)CC[C@]4(C)[C@H]3CC[C@]12C)[C@H](C)C(=O)O[C@@H]1O[C@H](CO[C@@H]2O[C@H](CO)[C@@H](O[C@@H]3O[C@H](CO)[C@@H](O)[C@H](O)[C@H]3O)[C@@H](O)[C@H]2O)[C@@H](O)[C@H](O)[C@H]1O[C@@H]1O[C@H](CO)[C@@H](O[C@@H]2O[C@H](CO)[C@@H](O)[C@H](O)[C@H]2O)[C@H](O)[C@H]1O. The van der Waals surface area contributed by atoms with Crippen LogP contribution in [0.1, 0.15) is 98.8 Å². The third kappa shape index (κ3) is 15.3. The summed E-state index contributed by atoms with van der Waals surface area (Å²) in [5.41, 5.74) is 1.32. The third-order valence-electron chi connectivity index (χ3n) is 23.8. The molecule has 3 saturated carbocycles. The van der Waals surface area contributed by atoms with Gasteiger partial charge in [-0.1, -0.05) is 52.7 Å². The summed E-state index contributed by atoms with van der Waals surface area (Å²) in [7, 11) is 0. The van der Waals surface area contributed by atoms with Crippen molar-refractivity contribution in [3.63, 3.8) is 0 Å². The van der Waals surface area contributed by atoms with Gasteiger partial charge in [0.2, 0.25) is 6.29 Å². The monoisotopic (exact) mass is 1400 g/mol. The molecule has 6 aliphatic heterocycles. The quantitative estimate of drug-likeness (QED) is 0.0334. The fourth-order valence-corrected chi connectivity index (χ4v) is 17.5. The molecular weight excluding hydrogens is 1300 g/mol. The lowest BCUT2D eigenvalue weighted by atomic mass is 9.47. The van der Waals surface area contributed by atoms with Crippen LogP contribution in [0.2, 0.25) is 0 Å². The normalized spacial score (nSPS) is 51.3. The summed E-state index contributed by atoms with van der Waals surface area (Å²) in [6.07, 6.45) is -42.7. The molecule has 0 bridgehead atoms. The average molecular weight is 1400 g/mol. The molecule has 0 aromatic rings. The van der Waals surface area contributed by atoms with Crippen molar-refractivity contribution in [1.29, 1.82) is 0 Å². The molecule has 0 radical (unpaired) electrons. The Morgan fingerprint density at radius 3 is 1.41 bits per heavy atom. The number of allylic oxidation sites excluding steroid dienone is 1. The molecule has 6 heterocycles. The summed E-state index contributed by atoms with van der Waals surface area (Å²) in [5.74, 6) is -0.0281. The molecule has 97 heavy (non-hydrogen) atoms. The molecule has 20 N–H and O–H groups in total. The highest BCUT2D eigenvalue weighted by molar-refractivity contribution is 5.72. The van der Waals surface area contributed by atoms with Crippen LogP contribution in [0.5, 0.6) is 0 Å². The van der Waals surface area contributed by atoms with Gasteiger partial charge in [-0.05, 0) is 104 Å². The maximum absolute atomic E-state index is 14.5. The van der Waals surface area contributed by atoms with E-state index in [1.54, 1.807) is 6.92 Å². The summed E-state index contributed by atoms with van der Waals surface area (Å²) in [4.78, 5) is 14.5. The molecule has 560 valence electrons. The van der Waals surface area contributed by atoms with Gasteiger partial charge in [-0.3, -0.25) is 4.79 Å². The molecule has 10 rings (SSSR count). The fourth-order valence-electron chi connectivity index (χ4n) is 17.5. The molecule has 9 fully saturated rings. The molecule has 0 aromatic heterocycles. The summed E-state index contributed by atoms with van der Waals surface area (Å²) < 4.78 is 69.6. The van der Waals surface area contributed by atoms with Crippen LogP contribution in [0.15, 0.2) is 11.6 Å². The van der Waals surface area contributed by atoms with Crippen LogP contribution in [0.4, 0.5) is 0 Å². The van der Waals surface area contributed by atoms with E-state index in [1.165, 1.54) is 5.57 Å².